The average molecular weight is 322 g/mol. The minimum absolute atomic E-state index is 0.0330. The summed E-state index contributed by atoms with van der Waals surface area (Å²) in [6.07, 6.45) is 0.981. The molecule has 0 bridgehead atoms. The predicted octanol–water partition coefficient (Wildman–Crippen LogP) is 4.63. The quantitative estimate of drug-likeness (QED) is 0.890. The van der Waals surface area contributed by atoms with E-state index >= 15 is 0 Å². The molecule has 1 N–H and O–H groups in total. The molecule has 4 heteroatoms. The summed E-state index contributed by atoms with van der Waals surface area (Å²) in [5, 5.41) is 4.91. The molecular formula is C17H17Cl2NO. The topological polar surface area (TPSA) is 21.3 Å². The van der Waals surface area contributed by atoms with Crippen molar-refractivity contribution >= 4 is 23.2 Å². The second-order valence-corrected chi connectivity index (χ2v) is 5.88. The zero-order chi connectivity index (χ0) is 14.8. The van der Waals surface area contributed by atoms with Crippen molar-refractivity contribution in [2.24, 2.45) is 0 Å². The maximum atomic E-state index is 6.36. The third kappa shape index (κ3) is 2.89. The summed E-state index contributed by atoms with van der Waals surface area (Å²) in [5.41, 5.74) is 3.46. The van der Waals surface area contributed by atoms with Crippen molar-refractivity contribution in [1.29, 1.82) is 0 Å². The number of fused-ring (bicyclic) bond motifs is 1. The monoisotopic (exact) mass is 321 g/mol. The number of rotatable bonds is 3. The lowest BCUT2D eigenvalue weighted by Gasteiger charge is -2.29. The van der Waals surface area contributed by atoms with Crippen molar-refractivity contribution in [3.63, 3.8) is 0 Å². The molecule has 0 spiro atoms. The van der Waals surface area contributed by atoms with Gasteiger partial charge in [-0.25, -0.2) is 0 Å². The van der Waals surface area contributed by atoms with Gasteiger partial charge in [0.05, 0.1) is 12.6 Å². The maximum Gasteiger partial charge on any atom is 0.119 e. The molecule has 0 amide bonds. The molecule has 0 fully saturated rings. The molecule has 0 radical (unpaired) electrons. The van der Waals surface area contributed by atoms with Crippen molar-refractivity contribution < 1.29 is 4.74 Å². The van der Waals surface area contributed by atoms with Gasteiger partial charge in [0, 0.05) is 22.2 Å². The smallest absolute Gasteiger partial charge is 0.119 e. The van der Waals surface area contributed by atoms with E-state index in [1.54, 1.807) is 0 Å². The van der Waals surface area contributed by atoms with E-state index in [4.69, 9.17) is 27.9 Å². The fourth-order valence-corrected chi connectivity index (χ4v) is 3.46. The fraction of sp³-hybridized carbons (Fsp3) is 0.294. The van der Waals surface area contributed by atoms with Gasteiger partial charge in [0.2, 0.25) is 0 Å². The molecule has 1 aliphatic rings. The first-order valence-electron chi connectivity index (χ1n) is 7.13. The Hall–Kier alpha value is -1.22. The van der Waals surface area contributed by atoms with E-state index in [9.17, 15) is 0 Å². The molecule has 2 aromatic carbocycles. The first kappa shape index (κ1) is 14.7. The first-order valence-corrected chi connectivity index (χ1v) is 7.89. The van der Waals surface area contributed by atoms with Gasteiger partial charge >= 0.3 is 0 Å². The van der Waals surface area contributed by atoms with Crippen LogP contribution < -0.4 is 10.1 Å². The van der Waals surface area contributed by atoms with Crippen LogP contribution in [0.25, 0.3) is 0 Å². The summed E-state index contributed by atoms with van der Waals surface area (Å²) in [6, 6.07) is 11.9. The number of ether oxygens (including phenoxy) is 1. The van der Waals surface area contributed by atoms with Crippen LogP contribution in [0.3, 0.4) is 0 Å². The van der Waals surface area contributed by atoms with Crippen molar-refractivity contribution in [2.45, 2.75) is 19.4 Å². The molecule has 2 aromatic rings. The first-order chi connectivity index (χ1) is 10.2. The molecular weight excluding hydrogens is 305 g/mol. The van der Waals surface area contributed by atoms with Crippen LogP contribution in [0.15, 0.2) is 36.4 Å². The lowest BCUT2D eigenvalue weighted by Crippen LogP contribution is -2.31. The lowest BCUT2D eigenvalue weighted by atomic mass is 9.89. The van der Waals surface area contributed by atoms with E-state index in [-0.39, 0.29) is 6.04 Å². The normalized spacial score (nSPS) is 17.4. The van der Waals surface area contributed by atoms with Crippen molar-refractivity contribution in [3.05, 3.63) is 63.1 Å². The molecule has 1 atom stereocenters. The Labute approximate surface area is 135 Å². The van der Waals surface area contributed by atoms with E-state index in [0.29, 0.717) is 16.7 Å². The van der Waals surface area contributed by atoms with Gasteiger partial charge in [-0.15, -0.1) is 0 Å². The molecule has 0 saturated carbocycles. The van der Waals surface area contributed by atoms with Crippen LogP contribution in [0.4, 0.5) is 0 Å². The van der Waals surface area contributed by atoms with Gasteiger partial charge in [0.15, 0.2) is 0 Å². The summed E-state index contributed by atoms with van der Waals surface area (Å²) in [5.74, 6) is 0.919. The molecule has 110 valence electrons. The van der Waals surface area contributed by atoms with Crippen molar-refractivity contribution in [1.82, 2.24) is 5.32 Å². The van der Waals surface area contributed by atoms with Gasteiger partial charge in [0.25, 0.3) is 0 Å². The third-order valence-electron chi connectivity index (χ3n) is 3.77. The third-order valence-corrected chi connectivity index (χ3v) is 4.43. The number of hydrogen-bond acceptors (Lipinski definition) is 2. The van der Waals surface area contributed by atoms with E-state index in [1.807, 2.05) is 31.2 Å². The van der Waals surface area contributed by atoms with Gasteiger partial charge < -0.3 is 10.1 Å². The van der Waals surface area contributed by atoms with Gasteiger partial charge in [-0.3, -0.25) is 0 Å². The standard InChI is InChI=1S/C17H17Cl2NO/c1-2-21-12-6-7-13-11(10-12)8-9-20-17(13)16-14(18)4-3-5-15(16)19/h3-7,10,17,20H,2,8-9H2,1H3. The summed E-state index contributed by atoms with van der Waals surface area (Å²) in [4.78, 5) is 0. The molecule has 2 nitrogen and oxygen atoms in total. The molecule has 1 aliphatic heterocycles. The number of hydrogen-bond donors (Lipinski definition) is 1. The van der Waals surface area contributed by atoms with Crippen LogP contribution in [0.5, 0.6) is 5.75 Å². The van der Waals surface area contributed by atoms with Gasteiger partial charge in [-0.1, -0.05) is 35.3 Å². The Morgan fingerprint density at radius 1 is 1.19 bits per heavy atom. The fourth-order valence-electron chi connectivity index (χ4n) is 2.84. The summed E-state index contributed by atoms with van der Waals surface area (Å²) in [6.45, 7) is 3.57. The van der Waals surface area contributed by atoms with Crippen LogP contribution in [-0.4, -0.2) is 13.2 Å². The lowest BCUT2D eigenvalue weighted by molar-refractivity contribution is 0.339. The summed E-state index contributed by atoms with van der Waals surface area (Å²) < 4.78 is 5.59. The highest BCUT2D eigenvalue weighted by atomic mass is 35.5. The molecule has 3 rings (SSSR count). The number of halogens is 2. The van der Waals surface area contributed by atoms with E-state index < -0.39 is 0 Å². The van der Waals surface area contributed by atoms with Crippen LogP contribution in [0, 0.1) is 0 Å². The summed E-state index contributed by atoms with van der Waals surface area (Å²) >= 11 is 12.7. The van der Waals surface area contributed by atoms with E-state index in [2.05, 4.69) is 17.4 Å². The van der Waals surface area contributed by atoms with Gasteiger partial charge in [0.1, 0.15) is 5.75 Å². The molecule has 0 aliphatic carbocycles. The van der Waals surface area contributed by atoms with Gasteiger partial charge in [-0.05, 0) is 48.7 Å². The zero-order valence-corrected chi connectivity index (χ0v) is 13.3. The molecule has 21 heavy (non-hydrogen) atoms. The van der Waals surface area contributed by atoms with E-state index in [1.165, 1.54) is 11.1 Å². The largest absolute Gasteiger partial charge is 0.494 e. The molecule has 1 unspecified atom stereocenters. The Bertz CT molecular complexity index is 637. The highest BCUT2D eigenvalue weighted by molar-refractivity contribution is 6.36. The highest BCUT2D eigenvalue weighted by Crippen LogP contribution is 2.37. The number of benzene rings is 2. The average Bonchev–Trinajstić information content (AvgIpc) is 2.47. The molecule has 0 aromatic heterocycles. The van der Waals surface area contributed by atoms with Crippen LogP contribution >= 0.6 is 23.2 Å². The Balaban J connectivity index is 2.05. The maximum absolute atomic E-state index is 6.36. The minimum atomic E-state index is 0.0330. The Kier molecular flexibility index (Phi) is 4.39. The van der Waals surface area contributed by atoms with Crippen LogP contribution in [0.1, 0.15) is 29.7 Å². The summed E-state index contributed by atoms with van der Waals surface area (Å²) in [7, 11) is 0. The van der Waals surface area contributed by atoms with Crippen molar-refractivity contribution in [3.8, 4) is 5.75 Å². The molecule has 1 heterocycles. The Morgan fingerprint density at radius 3 is 2.67 bits per heavy atom. The van der Waals surface area contributed by atoms with Crippen LogP contribution in [-0.2, 0) is 6.42 Å². The van der Waals surface area contributed by atoms with Gasteiger partial charge in [-0.2, -0.15) is 0 Å². The van der Waals surface area contributed by atoms with Crippen molar-refractivity contribution in [2.75, 3.05) is 13.2 Å². The Morgan fingerprint density at radius 2 is 1.95 bits per heavy atom. The SMILES string of the molecule is CCOc1ccc2c(c1)CCNC2c1c(Cl)cccc1Cl. The second kappa shape index (κ2) is 6.27. The predicted molar refractivity (Wildman–Crippen MR) is 87.6 cm³/mol. The van der Waals surface area contributed by atoms with E-state index in [0.717, 1.165) is 24.3 Å². The zero-order valence-electron chi connectivity index (χ0n) is 11.8. The minimum Gasteiger partial charge on any atom is -0.494 e. The highest BCUT2D eigenvalue weighted by Gasteiger charge is 2.25. The van der Waals surface area contributed by atoms with Crippen LogP contribution in [0.2, 0.25) is 10.0 Å². The molecule has 0 saturated heterocycles. The number of nitrogens with one attached hydrogen (secondary N) is 1. The second-order valence-electron chi connectivity index (χ2n) is 5.07.